The largest absolute Gasteiger partial charge is 0.348 e. The van der Waals surface area contributed by atoms with E-state index < -0.39 is 11.1 Å². The Morgan fingerprint density at radius 2 is 1.11 bits per heavy atom. The van der Waals surface area contributed by atoms with Gasteiger partial charge < -0.3 is 21.3 Å². The molecule has 2 amide bonds. The lowest BCUT2D eigenvalue weighted by atomic mass is 9.72. The maximum atomic E-state index is 11.9. The Morgan fingerprint density at radius 3 is 1.33 bits per heavy atom. The molecule has 2 saturated heterocycles. The van der Waals surface area contributed by atoms with E-state index in [4.69, 9.17) is 24.4 Å². The minimum atomic E-state index is -0.644. The summed E-state index contributed by atoms with van der Waals surface area (Å²) in [5.74, 6) is -0.188. The Bertz CT molecular complexity index is 438. The molecular formula is C10H12N4O2S2. The molecule has 0 aromatic carbocycles. The van der Waals surface area contributed by atoms with Crippen molar-refractivity contribution in [3.05, 3.63) is 0 Å². The maximum Gasteiger partial charge on any atom is 0.251 e. The first kappa shape index (κ1) is 11.8. The van der Waals surface area contributed by atoms with E-state index in [1.807, 2.05) is 0 Å². The van der Waals surface area contributed by atoms with Crippen LogP contribution in [0, 0.1) is 0 Å². The molecule has 0 unspecified atom stereocenters. The second-order valence-corrected chi connectivity index (χ2v) is 5.80. The molecule has 4 N–H and O–H groups in total. The lowest BCUT2D eigenvalue weighted by molar-refractivity contribution is -0.130. The third-order valence-electron chi connectivity index (χ3n) is 3.99. The molecule has 3 fully saturated rings. The lowest BCUT2D eigenvalue weighted by Crippen LogP contribution is -2.58. The van der Waals surface area contributed by atoms with Gasteiger partial charge in [0.2, 0.25) is 0 Å². The highest BCUT2D eigenvalue weighted by atomic mass is 32.1. The van der Waals surface area contributed by atoms with Crippen molar-refractivity contribution in [2.75, 3.05) is 0 Å². The number of amides is 2. The molecule has 0 aromatic heterocycles. The zero-order valence-electron chi connectivity index (χ0n) is 9.46. The molecule has 2 aliphatic heterocycles. The molecule has 18 heavy (non-hydrogen) atoms. The molecule has 0 bridgehead atoms. The van der Waals surface area contributed by atoms with Crippen LogP contribution in [0.25, 0.3) is 0 Å². The first-order valence-corrected chi connectivity index (χ1v) is 6.55. The van der Waals surface area contributed by atoms with Gasteiger partial charge in [-0.25, -0.2) is 0 Å². The predicted octanol–water partition coefficient (Wildman–Crippen LogP) is -0.953. The number of hydrogen-bond acceptors (Lipinski definition) is 4. The molecular weight excluding hydrogens is 272 g/mol. The zero-order valence-corrected chi connectivity index (χ0v) is 11.1. The van der Waals surface area contributed by atoms with Crippen molar-refractivity contribution in [1.82, 2.24) is 21.3 Å². The molecule has 1 saturated carbocycles. The molecule has 96 valence electrons. The van der Waals surface area contributed by atoms with Crippen molar-refractivity contribution in [2.45, 2.75) is 36.8 Å². The summed E-state index contributed by atoms with van der Waals surface area (Å²) in [4.78, 5) is 23.8. The smallest absolute Gasteiger partial charge is 0.251 e. The van der Waals surface area contributed by atoms with Crippen LogP contribution in [0.1, 0.15) is 25.7 Å². The summed E-state index contributed by atoms with van der Waals surface area (Å²) in [5.41, 5.74) is -1.29. The summed E-state index contributed by atoms with van der Waals surface area (Å²) in [6.45, 7) is 0. The third kappa shape index (κ3) is 1.52. The first-order valence-electron chi connectivity index (χ1n) is 5.73. The summed E-state index contributed by atoms with van der Waals surface area (Å²) in [6, 6.07) is 0. The summed E-state index contributed by atoms with van der Waals surface area (Å²) in [6.07, 6.45) is 2.23. The zero-order chi connectivity index (χ0) is 13.0. The fourth-order valence-corrected chi connectivity index (χ4v) is 3.44. The molecule has 0 radical (unpaired) electrons. The Labute approximate surface area is 114 Å². The molecule has 0 aromatic rings. The van der Waals surface area contributed by atoms with Gasteiger partial charge in [-0.3, -0.25) is 9.59 Å². The Hall–Kier alpha value is -1.28. The number of rotatable bonds is 0. The van der Waals surface area contributed by atoms with Gasteiger partial charge in [-0.15, -0.1) is 0 Å². The fourth-order valence-electron chi connectivity index (χ4n) is 2.86. The third-order valence-corrected chi connectivity index (χ3v) is 4.39. The normalized spacial score (nSPS) is 38.7. The van der Waals surface area contributed by atoms with Crippen LogP contribution in [0.15, 0.2) is 0 Å². The van der Waals surface area contributed by atoms with Gasteiger partial charge in [0.15, 0.2) is 10.2 Å². The van der Waals surface area contributed by atoms with Gasteiger partial charge in [-0.1, -0.05) is 0 Å². The van der Waals surface area contributed by atoms with Crippen LogP contribution in [0.5, 0.6) is 0 Å². The standard InChI is InChI=1S/C10H12N4O2S2/c15-5-9(13-7(17)11-5)1-2-10(4-3-9)6(16)12-8(18)14-10/h1-4H2,(H2,11,13,15,17)(H2,12,14,16,18). The van der Waals surface area contributed by atoms with Crippen molar-refractivity contribution in [1.29, 1.82) is 0 Å². The van der Waals surface area contributed by atoms with Crippen LogP contribution in [-0.4, -0.2) is 33.1 Å². The van der Waals surface area contributed by atoms with Crippen LogP contribution in [0.3, 0.4) is 0 Å². The molecule has 3 aliphatic rings. The minimum Gasteiger partial charge on any atom is -0.348 e. The molecule has 8 heteroatoms. The van der Waals surface area contributed by atoms with Crippen LogP contribution < -0.4 is 21.3 Å². The number of thiocarbonyl (C=S) groups is 2. The van der Waals surface area contributed by atoms with Crippen molar-refractivity contribution in [3.8, 4) is 0 Å². The topological polar surface area (TPSA) is 82.3 Å². The van der Waals surface area contributed by atoms with E-state index in [1.165, 1.54) is 0 Å². The molecule has 3 rings (SSSR count). The van der Waals surface area contributed by atoms with Gasteiger partial charge in [-0.2, -0.15) is 0 Å². The van der Waals surface area contributed by atoms with Gasteiger partial charge in [-0.05, 0) is 50.1 Å². The average molecular weight is 284 g/mol. The number of carbonyl (C=O) groups is 2. The number of carbonyl (C=O) groups excluding carboxylic acids is 2. The highest BCUT2D eigenvalue weighted by Gasteiger charge is 2.55. The summed E-state index contributed by atoms with van der Waals surface area (Å²) in [7, 11) is 0. The van der Waals surface area contributed by atoms with Gasteiger partial charge in [0.05, 0.1) is 0 Å². The van der Waals surface area contributed by atoms with Crippen LogP contribution >= 0.6 is 24.4 Å². The van der Waals surface area contributed by atoms with Gasteiger partial charge in [0.1, 0.15) is 11.1 Å². The lowest BCUT2D eigenvalue weighted by Gasteiger charge is -2.39. The highest BCUT2D eigenvalue weighted by Crippen LogP contribution is 2.38. The highest BCUT2D eigenvalue weighted by molar-refractivity contribution is 7.80. The Kier molecular flexibility index (Phi) is 2.36. The van der Waals surface area contributed by atoms with E-state index >= 15 is 0 Å². The molecule has 2 spiro atoms. The Balaban J connectivity index is 1.79. The second kappa shape index (κ2) is 3.61. The van der Waals surface area contributed by atoms with Gasteiger partial charge >= 0.3 is 0 Å². The summed E-state index contributed by atoms with van der Waals surface area (Å²) < 4.78 is 0. The van der Waals surface area contributed by atoms with E-state index in [9.17, 15) is 9.59 Å². The minimum absolute atomic E-state index is 0.0941. The number of hydrogen-bond donors (Lipinski definition) is 4. The maximum absolute atomic E-state index is 11.9. The quantitative estimate of drug-likeness (QED) is 0.429. The van der Waals surface area contributed by atoms with Crippen LogP contribution in [0.4, 0.5) is 0 Å². The van der Waals surface area contributed by atoms with Crippen molar-refractivity contribution in [3.63, 3.8) is 0 Å². The van der Waals surface area contributed by atoms with Crippen LogP contribution in [0.2, 0.25) is 0 Å². The number of nitrogens with one attached hydrogen (secondary N) is 4. The van der Waals surface area contributed by atoms with Crippen LogP contribution in [-0.2, 0) is 9.59 Å². The molecule has 6 nitrogen and oxygen atoms in total. The predicted molar refractivity (Wildman–Crippen MR) is 71.7 cm³/mol. The fraction of sp³-hybridized carbons (Fsp3) is 0.600. The van der Waals surface area contributed by atoms with Gasteiger partial charge in [0.25, 0.3) is 11.8 Å². The van der Waals surface area contributed by atoms with E-state index in [1.54, 1.807) is 0 Å². The average Bonchev–Trinajstić information content (AvgIpc) is 2.72. The summed E-state index contributed by atoms with van der Waals surface area (Å²) in [5, 5.41) is 12.0. The molecule has 2 heterocycles. The van der Waals surface area contributed by atoms with E-state index in [-0.39, 0.29) is 11.8 Å². The van der Waals surface area contributed by atoms with E-state index in [2.05, 4.69) is 21.3 Å². The van der Waals surface area contributed by atoms with Gasteiger partial charge in [0, 0.05) is 0 Å². The van der Waals surface area contributed by atoms with E-state index in [0.717, 1.165) is 0 Å². The van der Waals surface area contributed by atoms with Crippen molar-refractivity contribution in [2.24, 2.45) is 0 Å². The SMILES string of the molecule is O=C1NC(=S)NC12CCC1(CC2)NC(=S)NC1=O. The molecule has 0 atom stereocenters. The first-order chi connectivity index (χ1) is 8.46. The van der Waals surface area contributed by atoms with Crippen molar-refractivity contribution >= 4 is 46.5 Å². The van der Waals surface area contributed by atoms with Crippen molar-refractivity contribution < 1.29 is 9.59 Å². The monoisotopic (exact) mass is 284 g/mol. The summed E-state index contributed by atoms with van der Waals surface area (Å²) >= 11 is 9.92. The molecule has 1 aliphatic carbocycles. The van der Waals surface area contributed by atoms with E-state index in [0.29, 0.717) is 35.9 Å². The Morgan fingerprint density at radius 1 is 0.778 bits per heavy atom. The second-order valence-electron chi connectivity index (χ2n) is 4.98.